The summed E-state index contributed by atoms with van der Waals surface area (Å²) in [5, 5.41) is 3.87. The molecule has 0 aromatic carbocycles. The number of halogens is 1. The van der Waals surface area contributed by atoms with Crippen LogP contribution in [-0.2, 0) is 9.47 Å². The zero-order chi connectivity index (χ0) is 12.3. The maximum atomic E-state index is 5.83. The van der Waals surface area contributed by atoms with Gasteiger partial charge in [-0.05, 0) is 25.5 Å². The second-order valence-corrected chi connectivity index (χ2v) is 4.44. The highest BCUT2D eigenvalue weighted by Crippen LogP contribution is 2.30. The van der Waals surface area contributed by atoms with Crippen molar-refractivity contribution < 1.29 is 9.47 Å². The van der Waals surface area contributed by atoms with Crippen molar-refractivity contribution in [2.45, 2.75) is 31.6 Å². The highest BCUT2D eigenvalue weighted by atomic mass is 35.5. The van der Waals surface area contributed by atoms with Crippen LogP contribution >= 0.6 is 11.6 Å². The fourth-order valence-corrected chi connectivity index (χ4v) is 2.30. The van der Waals surface area contributed by atoms with Gasteiger partial charge in [0, 0.05) is 25.6 Å². The SMILES string of the molecule is CCOC1CC(Nc2ccnc(Cl)c2)C1OC. The molecule has 0 bridgehead atoms. The van der Waals surface area contributed by atoms with Crippen LogP contribution in [-0.4, -0.2) is 37.0 Å². The zero-order valence-electron chi connectivity index (χ0n) is 10.0. The number of hydrogen-bond acceptors (Lipinski definition) is 4. The molecule has 1 heterocycles. The summed E-state index contributed by atoms with van der Waals surface area (Å²) in [6.07, 6.45) is 2.93. The summed E-state index contributed by atoms with van der Waals surface area (Å²) in [6, 6.07) is 3.98. The monoisotopic (exact) mass is 256 g/mol. The first kappa shape index (κ1) is 12.6. The number of anilines is 1. The molecule has 94 valence electrons. The van der Waals surface area contributed by atoms with Crippen molar-refractivity contribution in [2.75, 3.05) is 19.0 Å². The van der Waals surface area contributed by atoms with Gasteiger partial charge >= 0.3 is 0 Å². The van der Waals surface area contributed by atoms with Crippen LogP contribution in [0.5, 0.6) is 0 Å². The van der Waals surface area contributed by atoms with Gasteiger partial charge in [0.05, 0.1) is 12.1 Å². The topological polar surface area (TPSA) is 43.4 Å². The molecule has 0 aliphatic heterocycles. The van der Waals surface area contributed by atoms with Crippen LogP contribution in [0.4, 0.5) is 5.69 Å². The van der Waals surface area contributed by atoms with Crippen LogP contribution in [0, 0.1) is 0 Å². The highest BCUT2D eigenvalue weighted by molar-refractivity contribution is 6.29. The van der Waals surface area contributed by atoms with E-state index in [1.807, 2.05) is 19.1 Å². The second-order valence-electron chi connectivity index (χ2n) is 4.05. The number of pyridine rings is 1. The Hall–Kier alpha value is -0.840. The number of ether oxygens (including phenoxy) is 2. The van der Waals surface area contributed by atoms with E-state index in [2.05, 4.69) is 10.3 Å². The highest BCUT2D eigenvalue weighted by Gasteiger charge is 2.42. The van der Waals surface area contributed by atoms with Crippen molar-refractivity contribution in [3.05, 3.63) is 23.5 Å². The smallest absolute Gasteiger partial charge is 0.131 e. The van der Waals surface area contributed by atoms with Gasteiger partial charge in [-0.25, -0.2) is 4.98 Å². The number of nitrogens with one attached hydrogen (secondary N) is 1. The number of hydrogen-bond donors (Lipinski definition) is 1. The average Bonchev–Trinajstić information content (AvgIpc) is 2.28. The Balaban J connectivity index is 1.92. The molecule has 1 fully saturated rings. The van der Waals surface area contributed by atoms with Gasteiger partial charge in [-0.1, -0.05) is 11.6 Å². The lowest BCUT2D eigenvalue weighted by Crippen LogP contribution is -2.56. The Morgan fingerprint density at radius 2 is 2.41 bits per heavy atom. The molecule has 3 unspecified atom stereocenters. The standard InChI is InChI=1S/C12H17ClN2O2/c1-3-17-10-7-9(12(10)16-2)15-8-4-5-14-11(13)6-8/h4-6,9-10,12H,3,7H2,1-2H3,(H,14,15). The van der Waals surface area contributed by atoms with E-state index in [1.165, 1.54) is 0 Å². The van der Waals surface area contributed by atoms with Crippen molar-refractivity contribution >= 4 is 17.3 Å². The van der Waals surface area contributed by atoms with Crippen LogP contribution in [0.1, 0.15) is 13.3 Å². The molecular weight excluding hydrogens is 240 g/mol. The second kappa shape index (κ2) is 5.67. The van der Waals surface area contributed by atoms with E-state index in [0.29, 0.717) is 5.15 Å². The van der Waals surface area contributed by atoms with Crippen molar-refractivity contribution in [1.29, 1.82) is 0 Å². The average molecular weight is 257 g/mol. The maximum Gasteiger partial charge on any atom is 0.131 e. The molecule has 1 aliphatic rings. The third kappa shape index (κ3) is 2.89. The van der Waals surface area contributed by atoms with Gasteiger partial charge < -0.3 is 14.8 Å². The molecule has 1 aliphatic carbocycles. The third-order valence-corrected chi connectivity index (χ3v) is 3.19. The minimum Gasteiger partial charge on any atom is -0.379 e. The summed E-state index contributed by atoms with van der Waals surface area (Å²) in [6.45, 7) is 2.72. The quantitative estimate of drug-likeness (QED) is 0.822. The van der Waals surface area contributed by atoms with E-state index in [9.17, 15) is 0 Å². The predicted octanol–water partition coefficient (Wildman–Crippen LogP) is 2.34. The molecule has 1 aromatic rings. The van der Waals surface area contributed by atoms with Crippen LogP contribution in [0.25, 0.3) is 0 Å². The molecule has 0 amide bonds. The Morgan fingerprint density at radius 3 is 3.06 bits per heavy atom. The molecule has 2 rings (SSSR count). The minimum absolute atomic E-state index is 0.0990. The molecule has 0 radical (unpaired) electrons. The summed E-state index contributed by atoms with van der Waals surface area (Å²) < 4.78 is 11.0. The third-order valence-electron chi connectivity index (χ3n) is 2.98. The molecule has 4 nitrogen and oxygen atoms in total. The van der Waals surface area contributed by atoms with Crippen LogP contribution in [0.3, 0.4) is 0 Å². The lowest BCUT2D eigenvalue weighted by Gasteiger charge is -2.43. The van der Waals surface area contributed by atoms with Crippen LogP contribution < -0.4 is 5.32 Å². The van der Waals surface area contributed by atoms with Gasteiger partial charge in [-0.2, -0.15) is 0 Å². The number of rotatable bonds is 5. The molecular formula is C12H17ClN2O2. The number of nitrogens with zero attached hydrogens (tertiary/aromatic N) is 1. The van der Waals surface area contributed by atoms with Crippen LogP contribution in [0.2, 0.25) is 5.15 Å². The van der Waals surface area contributed by atoms with Gasteiger partial charge in [0.25, 0.3) is 0 Å². The largest absolute Gasteiger partial charge is 0.379 e. The minimum atomic E-state index is 0.0990. The molecule has 3 atom stereocenters. The van der Waals surface area contributed by atoms with Crippen molar-refractivity contribution in [3.8, 4) is 0 Å². The van der Waals surface area contributed by atoms with E-state index >= 15 is 0 Å². The lowest BCUT2D eigenvalue weighted by molar-refractivity contribution is -0.118. The fraction of sp³-hybridized carbons (Fsp3) is 0.583. The molecule has 0 saturated heterocycles. The Morgan fingerprint density at radius 1 is 1.59 bits per heavy atom. The first-order valence-electron chi connectivity index (χ1n) is 5.77. The lowest BCUT2D eigenvalue weighted by atomic mass is 9.85. The van der Waals surface area contributed by atoms with Crippen molar-refractivity contribution in [1.82, 2.24) is 4.98 Å². The van der Waals surface area contributed by atoms with Crippen molar-refractivity contribution in [3.63, 3.8) is 0 Å². The predicted molar refractivity (Wildman–Crippen MR) is 67.5 cm³/mol. The normalized spacial score (nSPS) is 27.6. The molecule has 1 N–H and O–H groups in total. The van der Waals surface area contributed by atoms with E-state index in [1.54, 1.807) is 13.3 Å². The van der Waals surface area contributed by atoms with Gasteiger partial charge in [0.15, 0.2) is 0 Å². The summed E-state index contributed by atoms with van der Waals surface area (Å²) in [4.78, 5) is 3.94. The van der Waals surface area contributed by atoms with Crippen molar-refractivity contribution in [2.24, 2.45) is 0 Å². The fourth-order valence-electron chi connectivity index (χ4n) is 2.12. The zero-order valence-corrected chi connectivity index (χ0v) is 10.8. The van der Waals surface area contributed by atoms with Gasteiger partial charge in [-0.3, -0.25) is 0 Å². The Kier molecular flexibility index (Phi) is 4.20. The Bertz CT molecular complexity index is 375. The number of methoxy groups -OCH3 is 1. The van der Waals surface area contributed by atoms with Gasteiger partial charge in [-0.15, -0.1) is 0 Å². The molecule has 1 saturated carbocycles. The van der Waals surface area contributed by atoms with E-state index in [4.69, 9.17) is 21.1 Å². The van der Waals surface area contributed by atoms with Gasteiger partial charge in [0.1, 0.15) is 11.3 Å². The number of aromatic nitrogens is 1. The summed E-state index contributed by atoms with van der Waals surface area (Å²) in [5.74, 6) is 0. The maximum absolute atomic E-state index is 5.83. The van der Waals surface area contributed by atoms with Gasteiger partial charge in [0.2, 0.25) is 0 Å². The van der Waals surface area contributed by atoms with E-state index in [-0.39, 0.29) is 18.2 Å². The summed E-state index contributed by atoms with van der Waals surface area (Å²) >= 11 is 5.83. The summed E-state index contributed by atoms with van der Waals surface area (Å²) in [7, 11) is 1.71. The molecule has 5 heteroatoms. The molecule has 0 spiro atoms. The first-order valence-corrected chi connectivity index (χ1v) is 6.15. The first-order chi connectivity index (χ1) is 8.24. The summed E-state index contributed by atoms with van der Waals surface area (Å²) in [5.41, 5.74) is 0.965. The van der Waals surface area contributed by atoms with E-state index in [0.717, 1.165) is 18.7 Å². The van der Waals surface area contributed by atoms with E-state index < -0.39 is 0 Å². The molecule has 17 heavy (non-hydrogen) atoms. The molecule has 1 aromatic heterocycles. The van der Waals surface area contributed by atoms with Crippen LogP contribution in [0.15, 0.2) is 18.3 Å². The Labute approximate surface area is 106 Å².